The standard InChI is InChI=1S/C18H19ClN2O2/c19-16-11-14(12-20-17(16)22)18(23)21-9-5-4-8-15(21)10-13-6-2-1-3-7-13/h1-3,6-7,11-12,15H,4-5,8-10H2,(H,20,22)/t15-/m1/s1. The molecule has 0 unspecified atom stereocenters. The van der Waals surface area contributed by atoms with E-state index in [2.05, 4.69) is 17.1 Å². The number of aromatic amines is 1. The highest BCUT2D eigenvalue weighted by atomic mass is 35.5. The second-order valence-corrected chi connectivity index (χ2v) is 6.31. The topological polar surface area (TPSA) is 53.2 Å². The summed E-state index contributed by atoms with van der Waals surface area (Å²) in [5.41, 5.74) is 1.30. The van der Waals surface area contributed by atoms with E-state index in [0.717, 1.165) is 32.2 Å². The third kappa shape index (κ3) is 3.64. The number of aromatic nitrogens is 1. The molecule has 0 radical (unpaired) electrons. The van der Waals surface area contributed by atoms with Gasteiger partial charge >= 0.3 is 0 Å². The lowest BCUT2D eigenvalue weighted by Gasteiger charge is -2.36. The predicted molar refractivity (Wildman–Crippen MR) is 90.9 cm³/mol. The zero-order chi connectivity index (χ0) is 16.2. The van der Waals surface area contributed by atoms with Gasteiger partial charge in [-0.05, 0) is 37.3 Å². The Bertz CT molecular complexity index is 742. The Morgan fingerprint density at radius 2 is 2.04 bits per heavy atom. The third-order valence-electron chi connectivity index (χ3n) is 4.31. The number of pyridine rings is 1. The highest BCUT2D eigenvalue weighted by Gasteiger charge is 2.27. The predicted octanol–water partition coefficient (Wildman–Crippen LogP) is 3.27. The van der Waals surface area contributed by atoms with Crippen molar-refractivity contribution in [3.63, 3.8) is 0 Å². The van der Waals surface area contributed by atoms with Crippen LogP contribution in [0.1, 0.15) is 35.2 Å². The highest BCUT2D eigenvalue weighted by molar-refractivity contribution is 6.30. The fraction of sp³-hybridized carbons (Fsp3) is 0.333. The van der Waals surface area contributed by atoms with Crippen LogP contribution in [0.4, 0.5) is 0 Å². The maximum Gasteiger partial charge on any atom is 0.266 e. The molecule has 0 aliphatic carbocycles. The average Bonchev–Trinajstić information content (AvgIpc) is 2.58. The van der Waals surface area contributed by atoms with E-state index in [0.29, 0.717) is 5.56 Å². The Balaban J connectivity index is 1.81. The van der Waals surface area contributed by atoms with Crippen LogP contribution in [-0.2, 0) is 6.42 Å². The third-order valence-corrected chi connectivity index (χ3v) is 4.59. The van der Waals surface area contributed by atoms with E-state index in [1.807, 2.05) is 23.1 Å². The van der Waals surface area contributed by atoms with Crippen LogP contribution in [0.15, 0.2) is 47.4 Å². The van der Waals surface area contributed by atoms with Crippen LogP contribution in [-0.4, -0.2) is 28.4 Å². The van der Waals surface area contributed by atoms with Gasteiger partial charge in [0.25, 0.3) is 11.5 Å². The first-order valence-corrected chi connectivity index (χ1v) is 8.26. The summed E-state index contributed by atoms with van der Waals surface area (Å²) in [5, 5.41) is 0.0486. The van der Waals surface area contributed by atoms with E-state index in [-0.39, 0.29) is 22.5 Å². The van der Waals surface area contributed by atoms with Crippen molar-refractivity contribution in [2.75, 3.05) is 6.54 Å². The summed E-state index contributed by atoms with van der Waals surface area (Å²) < 4.78 is 0. The number of nitrogens with zero attached hydrogens (tertiary/aromatic N) is 1. The van der Waals surface area contributed by atoms with E-state index >= 15 is 0 Å². The van der Waals surface area contributed by atoms with E-state index in [4.69, 9.17) is 11.6 Å². The maximum absolute atomic E-state index is 12.8. The van der Waals surface area contributed by atoms with Crippen LogP contribution in [0.3, 0.4) is 0 Å². The molecule has 1 saturated heterocycles. The Hall–Kier alpha value is -2.07. The van der Waals surface area contributed by atoms with Gasteiger partial charge in [0.1, 0.15) is 5.02 Å². The fourth-order valence-corrected chi connectivity index (χ4v) is 3.28. The molecule has 23 heavy (non-hydrogen) atoms. The molecule has 4 nitrogen and oxygen atoms in total. The number of carbonyl (C=O) groups is 1. The van der Waals surface area contributed by atoms with Gasteiger partial charge < -0.3 is 9.88 Å². The first-order chi connectivity index (χ1) is 11.1. The van der Waals surface area contributed by atoms with Crippen LogP contribution in [0.2, 0.25) is 5.02 Å². The summed E-state index contributed by atoms with van der Waals surface area (Å²) in [6.45, 7) is 0.743. The molecule has 1 atom stereocenters. The number of likely N-dealkylation sites (tertiary alicyclic amines) is 1. The number of hydrogen-bond donors (Lipinski definition) is 1. The highest BCUT2D eigenvalue weighted by Crippen LogP contribution is 2.23. The van der Waals surface area contributed by atoms with Crippen molar-refractivity contribution < 1.29 is 4.79 Å². The minimum atomic E-state index is -0.373. The van der Waals surface area contributed by atoms with Gasteiger partial charge in [-0.3, -0.25) is 9.59 Å². The minimum Gasteiger partial charge on any atom is -0.335 e. The van der Waals surface area contributed by atoms with Crippen molar-refractivity contribution in [3.05, 3.63) is 69.1 Å². The number of H-pyrrole nitrogens is 1. The van der Waals surface area contributed by atoms with E-state index in [9.17, 15) is 9.59 Å². The molecule has 1 aliphatic heterocycles. The van der Waals surface area contributed by atoms with Crippen molar-refractivity contribution in [1.82, 2.24) is 9.88 Å². The van der Waals surface area contributed by atoms with Gasteiger partial charge in [-0.25, -0.2) is 0 Å². The summed E-state index contributed by atoms with van der Waals surface area (Å²) in [5.74, 6) is -0.0659. The molecule has 120 valence electrons. The second kappa shape index (κ2) is 7.01. The zero-order valence-electron chi connectivity index (χ0n) is 12.8. The number of amides is 1. The molecule has 2 heterocycles. The van der Waals surface area contributed by atoms with Gasteiger partial charge in [-0.2, -0.15) is 0 Å². The van der Waals surface area contributed by atoms with Gasteiger partial charge in [-0.1, -0.05) is 41.9 Å². The number of nitrogens with one attached hydrogen (secondary N) is 1. The van der Waals surface area contributed by atoms with Gasteiger partial charge in [0.05, 0.1) is 5.56 Å². The molecule has 1 aromatic carbocycles. The minimum absolute atomic E-state index is 0.0486. The molecule has 1 fully saturated rings. The van der Waals surface area contributed by atoms with Gasteiger partial charge in [0, 0.05) is 18.8 Å². The van der Waals surface area contributed by atoms with Gasteiger partial charge in [0.15, 0.2) is 0 Å². The summed E-state index contributed by atoms with van der Waals surface area (Å²) >= 11 is 5.85. The molecular weight excluding hydrogens is 312 g/mol. The smallest absolute Gasteiger partial charge is 0.266 e. The van der Waals surface area contributed by atoms with Crippen molar-refractivity contribution in [2.24, 2.45) is 0 Å². The molecule has 1 aromatic heterocycles. The van der Waals surface area contributed by atoms with Gasteiger partial charge in [0.2, 0.25) is 0 Å². The Morgan fingerprint density at radius 1 is 1.26 bits per heavy atom. The number of carbonyl (C=O) groups excluding carboxylic acids is 1. The maximum atomic E-state index is 12.8. The summed E-state index contributed by atoms with van der Waals surface area (Å²) in [6.07, 6.45) is 5.44. The van der Waals surface area contributed by atoms with Gasteiger partial charge in [-0.15, -0.1) is 0 Å². The van der Waals surface area contributed by atoms with Crippen LogP contribution in [0.5, 0.6) is 0 Å². The quantitative estimate of drug-likeness (QED) is 0.939. The lowest BCUT2D eigenvalue weighted by molar-refractivity contribution is 0.0613. The normalized spacial score (nSPS) is 18.0. The van der Waals surface area contributed by atoms with Crippen molar-refractivity contribution in [2.45, 2.75) is 31.7 Å². The summed E-state index contributed by atoms with van der Waals surface area (Å²) in [6, 6.07) is 11.9. The zero-order valence-corrected chi connectivity index (χ0v) is 13.6. The average molecular weight is 331 g/mol. The number of rotatable bonds is 3. The van der Waals surface area contributed by atoms with Crippen LogP contribution >= 0.6 is 11.6 Å². The Labute approximate surface area is 140 Å². The molecule has 5 heteroatoms. The Morgan fingerprint density at radius 3 is 2.78 bits per heavy atom. The molecule has 3 rings (SSSR count). The number of piperidine rings is 1. The van der Waals surface area contributed by atoms with Crippen molar-refractivity contribution in [1.29, 1.82) is 0 Å². The lowest BCUT2D eigenvalue weighted by Crippen LogP contribution is -2.45. The second-order valence-electron chi connectivity index (χ2n) is 5.90. The molecule has 1 N–H and O–H groups in total. The van der Waals surface area contributed by atoms with E-state index < -0.39 is 0 Å². The number of benzene rings is 1. The van der Waals surface area contributed by atoms with E-state index in [1.54, 1.807) is 0 Å². The summed E-state index contributed by atoms with van der Waals surface area (Å²) in [4.78, 5) is 28.6. The molecule has 0 bridgehead atoms. The first-order valence-electron chi connectivity index (χ1n) is 7.88. The number of hydrogen-bond acceptors (Lipinski definition) is 2. The Kier molecular flexibility index (Phi) is 4.82. The molecular formula is C18H19ClN2O2. The molecule has 1 aliphatic rings. The molecule has 1 amide bonds. The molecule has 2 aromatic rings. The largest absolute Gasteiger partial charge is 0.335 e. The van der Waals surface area contributed by atoms with E-state index in [1.165, 1.54) is 17.8 Å². The van der Waals surface area contributed by atoms with Crippen LogP contribution in [0, 0.1) is 0 Å². The van der Waals surface area contributed by atoms with Crippen molar-refractivity contribution >= 4 is 17.5 Å². The van der Waals surface area contributed by atoms with Crippen molar-refractivity contribution in [3.8, 4) is 0 Å². The van der Waals surface area contributed by atoms with Crippen LogP contribution < -0.4 is 5.56 Å². The SMILES string of the molecule is O=C(c1c[nH]c(=O)c(Cl)c1)N1CCCC[C@@H]1Cc1ccccc1. The molecule has 0 spiro atoms. The van der Waals surface area contributed by atoms with Crippen LogP contribution in [0.25, 0.3) is 0 Å². The number of halogens is 1. The lowest BCUT2D eigenvalue weighted by atomic mass is 9.95. The monoisotopic (exact) mass is 330 g/mol. The summed E-state index contributed by atoms with van der Waals surface area (Å²) in [7, 11) is 0. The molecule has 0 saturated carbocycles. The fourth-order valence-electron chi connectivity index (χ4n) is 3.11. The first kappa shape index (κ1) is 15.8.